The number of benzene rings is 1. The first-order chi connectivity index (χ1) is 6.75. The van der Waals surface area contributed by atoms with Gasteiger partial charge in [-0.15, -0.1) is 6.42 Å². The first-order valence-corrected chi connectivity index (χ1v) is 4.27. The molecule has 1 unspecified atom stereocenters. The molecule has 70 valence electrons. The average molecular weight is 187 g/mol. The molecule has 0 radical (unpaired) electrons. The van der Waals surface area contributed by atoms with E-state index in [2.05, 4.69) is 5.92 Å². The van der Waals surface area contributed by atoms with Gasteiger partial charge in [-0.05, 0) is 6.07 Å². The zero-order valence-electron chi connectivity index (χ0n) is 7.47. The molecule has 1 aliphatic heterocycles. The Bertz CT molecular complexity index is 420. The molecule has 1 atom stereocenters. The zero-order valence-corrected chi connectivity index (χ0v) is 7.47. The van der Waals surface area contributed by atoms with Gasteiger partial charge in [0.2, 0.25) is 0 Å². The highest BCUT2D eigenvalue weighted by atomic mass is 16.3. The summed E-state index contributed by atoms with van der Waals surface area (Å²) < 4.78 is 0. The molecule has 0 fully saturated rings. The fraction of sp³-hybridized carbons (Fsp3) is 0.182. The molecule has 1 amide bonds. The Labute approximate surface area is 82.0 Å². The molecule has 3 nitrogen and oxygen atoms in total. The average Bonchev–Trinajstić information content (AvgIpc) is 2.45. The van der Waals surface area contributed by atoms with Gasteiger partial charge in [0.05, 0.1) is 6.54 Å². The number of carbonyl (C=O) groups excluding carboxylic acids is 1. The maximum Gasteiger partial charge on any atom is 0.257 e. The predicted molar refractivity (Wildman–Crippen MR) is 51.3 cm³/mol. The van der Waals surface area contributed by atoms with Crippen LogP contribution in [0.5, 0.6) is 0 Å². The van der Waals surface area contributed by atoms with Crippen LogP contribution in [0.25, 0.3) is 0 Å². The quantitative estimate of drug-likeness (QED) is 0.659. The van der Waals surface area contributed by atoms with E-state index in [0.717, 1.165) is 0 Å². The van der Waals surface area contributed by atoms with Gasteiger partial charge in [0.25, 0.3) is 5.91 Å². The molecule has 2 rings (SSSR count). The molecule has 0 aromatic heterocycles. The maximum atomic E-state index is 11.7. The van der Waals surface area contributed by atoms with Crippen LogP contribution in [-0.4, -0.2) is 22.5 Å². The van der Waals surface area contributed by atoms with Crippen molar-refractivity contribution in [1.82, 2.24) is 4.90 Å². The minimum Gasteiger partial charge on any atom is -0.369 e. The topological polar surface area (TPSA) is 40.5 Å². The number of aliphatic hydroxyl groups excluding tert-OH is 1. The summed E-state index contributed by atoms with van der Waals surface area (Å²) in [5.41, 5.74) is 1.17. The van der Waals surface area contributed by atoms with Crippen LogP contribution in [0.2, 0.25) is 0 Å². The summed E-state index contributed by atoms with van der Waals surface area (Å²) in [6, 6.07) is 6.98. The van der Waals surface area contributed by atoms with Crippen molar-refractivity contribution in [3.63, 3.8) is 0 Å². The Kier molecular flexibility index (Phi) is 1.99. The number of nitrogens with zero attached hydrogens (tertiary/aromatic N) is 1. The van der Waals surface area contributed by atoms with Crippen molar-refractivity contribution >= 4 is 5.91 Å². The van der Waals surface area contributed by atoms with Gasteiger partial charge in [0.15, 0.2) is 6.23 Å². The van der Waals surface area contributed by atoms with Crippen molar-refractivity contribution in [1.29, 1.82) is 0 Å². The van der Waals surface area contributed by atoms with E-state index in [9.17, 15) is 9.90 Å². The molecule has 1 aromatic carbocycles. The van der Waals surface area contributed by atoms with Crippen molar-refractivity contribution in [2.45, 2.75) is 6.23 Å². The van der Waals surface area contributed by atoms with Crippen LogP contribution in [0.4, 0.5) is 0 Å². The second-order valence-corrected chi connectivity index (χ2v) is 3.10. The van der Waals surface area contributed by atoms with Crippen molar-refractivity contribution in [3.8, 4) is 12.3 Å². The first-order valence-electron chi connectivity index (χ1n) is 4.27. The number of carbonyl (C=O) groups is 1. The first kappa shape index (κ1) is 8.79. The third-order valence-electron chi connectivity index (χ3n) is 2.29. The monoisotopic (exact) mass is 187 g/mol. The third kappa shape index (κ3) is 1.09. The number of amides is 1. The summed E-state index contributed by atoms with van der Waals surface area (Å²) in [6.45, 7) is 0.134. The van der Waals surface area contributed by atoms with E-state index < -0.39 is 6.23 Å². The van der Waals surface area contributed by atoms with Gasteiger partial charge < -0.3 is 5.11 Å². The molecule has 3 heteroatoms. The van der Waals surface area contributed by atoms with Crippen molar-refractivity contribution < 1.29 is 9.90 Å². The summed E-state index contributed by atoms with van der Waals surface area (Å²) in [5, 5.41) is 9.75. The van der Waals surface area contributed by atoms with Crippen LogP contribution >= 0.6 is 0 Å². The van der Waals surface area contributed by atoms with E-state index in [1.165, 1.54) is 4.90 Å². The van der Waals surface area contributed by atoms with Gasteiger partial charge in [-0.25, -0.2) is 0 Å². The summed E-state index contributed by atoms with van der Waals surface area (Å²) in [4.78, 5) is 12.9. The van der Waals surface area contributed by atoms with Gasteiger partial charge in [-0.3, -0.25) is 9.69 Å². The number of rotatable bonds is 1. The van der Waals surface area contributed by atoms with Gasteiger partial charge in [0, 0.05) is 11.1 Å². The maximum absolute atomic E-state index is 11.7. The summed E-state index contributed by atoms with van der Waals surface area (Å²) >= 11 is 0. The Hall–Kier alpha value is -1.79. The lowest BCUT2D eigenvalue weighted by Gasteiger charge is -2.17. The Morgan fingerprint density at radius 1 is 1.50 bits per heavy atom. The predicted octanol–water partition coefficient (Wildman–Crippen LogP) is 0.766. The van der Waals surface area contributed by atoms with E-state index in [1.807, 2.05) is 0 Å². The highest BCUT2D eigenvalue weighted by Crippen LogP contribution is 2.30. The van der Waals surface area contributed by atoms with Gasteiger partial charge in [-0.1, -0.05) is 24.1 Å². The minimum absolute atomic E-state index is 0.134. The minimum atomic E-state index is -0.894. The number of aliphatic hydroxyl groups is 1. The van der Waals surface area contributed by atoms with E-state index in [0.29, 0.717) is 11.1 Å². The largest absolute Gasteiger partial charge is 0.369 e. The van der Waals surface area contributed by atoms with Crippen LogP contribution in [0, 0.1) is 12.3 Å². The second kappa shape index (κ2) is 3.17. The Balaban J connectivity index is 2.44. The van der Waals surface area contributed by atoms with Crippen LogP contribution < -0.4 is 0 Å². The molecular formula is C11H9NO2. The molecule has 1 aromatic rings. The molecule has 1 aliphatic rings. The standard InChI is InChI=1S/C11H9NO2/c1-2-7-12-10(13)8-5-3-4-6-9(8)11(12)14/h1,3-6,10,13H,7H2. The SMILES string of the molecule is C#CCN1C(=O)c2ccccc2C1O. The number of fused-ring (bicyclic) bond motifs is 1. The zero-order chi connectivity index (χ0) is 10.1. The fourth-order valence-electron chi connectivity index (χ4n) is 1.61. The van der Waals surface area contributed by atoms with Crippen LogP contribution in [0.15, 0.2) is 24.3 Å². The van der Waals surface area contributed by atoms with E-state index in [1.54, 1.807) is 24.3 Å². The molecule has 0 bridgehead atoms. The normalized spacial score (nSPS) is 19.3. The fourth-order valence-corrected chi connectivity index (χ4v) is 1.61. The molecule has 0 saturated heterocycles. The van der Waals surface area contributed by atoms with Crippen LogP contribution in [0.3, 0.4) is 0 Å². The molecule has 0 aliphatic carbocycles. The van der Waals surface area contributed by atoms with E-state index >= 15 is 0 Å². The molecule has 1 heterocycles. The van der Waals surface area contributed by atoms with Crippen LogP contribution in [0.1, 0.15) is 22.1 Å². The highest BCUT2D eigenvalue weighted by Gasteiger charge is 2.34. The summed E-state index contributed by atoms with van der Waals surface area (Å²) in [7, 11) is 0. The lowest BCUT2D eigenvalue weighted by molar-refractivity contribution is 0.0241. The molecule has 14 heavy (non-hydrogen) atoms. The molecule has 0 saturated carbocycles. The van der Waals surface area contributed by atoms with Crippen molar-refractivity contribution in [3.05, 3.63) is 35.4 Å². The molecule has 1 N–H and O–H groups in total. The lowest BCUT2D eigenvalue weighted by atomic mass is 10.1. The van der Waals surface area contributed by atoms with E-state index in [4.69, 9.17) is 6.42 Å². The van der Waals surface area contributed by atoms with Gasteiger partial charge in [-0.2, -0.15) is 0 Å². The highest BCUT2D eigenvalue weighted by molar-refractivity contribution is 5.99. The summed E-state index contributed by atoms with van der Waals surface area (Å²) in [5.74, 6) is 2.15. The van der Waals surface area contributed by atoms with Crippen molar-refractivity contribution in [2.75, 3.05) is 6.54 Å². The summed E-state index contributed by atoms with van der Waals surface area (Å²) in [6.07, 6.45) is 4.22. The molecule has 0 spiro atoms. The number of hydrogen-bond donors (Lipinski definition) is 1. The molecular weight excluding hydrogens is 178 g/mol. The number of terminal acetylenes is 1. The smallest absolute Gasteiger partial charge is 0.257 e. The van der Waals surface area contributed by atoms with E-state index in [-0.39, 0.29) is 12.5 Å². The van der Waals surface area contributed by atoms with Crippen LogP contribution in [-0.2, 0) is 0 Å². The Morgan fingerprint density at radius 2 is 2.21 bits per heavy atom. The number of hydrogen-bond acceptors (Lipinski definition) is 2. The van der Waals surface area contributed by atoms with Crippen molar-refractivity contribution in [2.24, 2.45) is 0 Å². The third-order valence-corrected chi connectivity index (χ3v) is 2.29. The Morgan fingerprint density at radius 3 is 2.86 bits per heavy atom. The lowest BCUT2D eigenvalue weighted by Crippen LogP contribution is -2.28. The van der Waals surface area contributed by atoms with Gasteiger partial charge >= 0.3 is 0 Å². The second-order valence-electron chi connectivity index (χ2n) is 3.10. The van der Waals surface area contributed by atoms with Gasteiger partial charge in [0.1, 0.15) is 0 Å².